The van der Waals surface area contributed by atoms with Crippen LogP contribution in [0.2, 0.25) is 25.7 Å². The molecular formula is C23H30N6O4S2Si. The van der Waals surface area contributed by atoms with Gasteiger partial charge >= 0.3 is 0 Å². The monoisotopic (exact) mass is 546 g/mol. The Morgan fingerprint density at radius 1 is 1.28 bits per heavy atom. The van der Waals surface area contributed by atoms with Gasteiger partial charge in [-0.25, -0.2) is 18.1 Å². The van der Waals surface area contributed by atoms with Gasteiger partial charge in [0.1, 0.15) is 12.2 Å². The summed E-state index contributed by atoms with van der Waals surface area (Å²) in [5, 5.41) is 7.03. The van der Waals surface area contributed by atoms with Crippen molar-refractivity contribution in [2.45, 2.75) is 36.6 Å². The Kier molecular flexibility index (Phi) is 6.22. The summed E-state index contributed by atoms with van der Waals surface area (Å²) in [4.78, 5) is 17.7. The molecule has 1 atom stereocenters. The summed E-state index contributed by atoms with van der Waals surface area (Å²) in [7, 11) is -2.85. The lowest BCUT2D eigenvalue weighted by molar-refractivity contribution is 0.0427. The smallest absolute Gasteiger partial charge is 0.291 e. The number of hydrogen-bond donors (Lipinski definition) is 1. The van der Waals surface area contributed by atoms with Crippen LogP contribution in [-0.2, 0) is 28.2 Å². The van der Waals surface area contributed by atoms with Crippen molar-refractivity contribution in [2.75, 3.05) is 19.6 Å². The Hall–Kier alpha value is -2.74. The summed E-state index contributed by atoms with van der Waals surface area (Å²) in [5.74, 6) is -0.0384. The molecule has 1 N–H and O–H groups in total. The van der Waals surface area contributed by atoms with Crippen LogP contribution in [0.1, 0.15) is 0 Å². The molecule has 0 spiro atoms. The van der Waals surface area contributed by atoms with Crippen molar-refractivity contribution in [3.05, 3.63) is 52.2 Å². The van der Waals surface area contributed by atoms with Gasteiger partial charge in [-0.15, -0.1) is 11.3 Å². The zero-order chi connectivity index (χ0) is 25.8. The van der Waals surface area contributed by atoms with Crippen molar-refractivity contribution in [1.82, 2.24) is 29.8 Å². The van der Waals surface area contributed by atoms with Crippen molar-refractivity contribution in [2.24, 2.45) is 13.0 Å². The summed E-state index contributed by atoms with van der Waals surface area (Å²) in [5.41, 5.74) is 6.09. The van der Waals surface area contributed by atoms with Crippen LogP contribution in [0.25, 0.3) is 21.3 Å². The topological polar surface area (TPSA) is 111 Å². The summed E-state index contributed by atoms with van der Waals surface area (Å²) in [6.07, 6.45) is 10.8. The van der Waals surface area contributed by atoms with Crippen LogP contribution in [-0.4, -0.2) is 60.4 Å². The third-order valence-corrected chi connectivity index (χ3v) is 10.8. The lowest BCUT2D eigenvalue weighted by Crippen LogP contribution is -2.33. The number of thiazole rings is 1. The predicted octanol–water partition coefficient (Wildman–Crippen LogP) is 2.83. The van der Waals surface area contributed by atoms with E-state index >= 15 is 0 Å². The van der Waals surface area contributed by atoms with E-state index in [0.29, 0.717) is 34.5 Å². The van der Waals surface area contributed by atoms with Gasteiger partial charge in [-0.3, -0.25) is 9.80 Å². The number of nitrogens with one attached hydrogen (secondary N) is 1. The maximum absolute atomic E-state index is 13.4. The van der Waals surface area contributed by atoms with E-state index in [0.717, 1.165) is 41.5 Å². The minimum absolute atomic E-state index is 0.0375. The molecule has 0 aromatic carbocycles. The maximum atomic E-state index is 13.4. The molecule has 3 aromatic rings. The molecule has 0 saturated carbocycles. The molecule has 0 saturated heterocycles. The number of aromatic nitrogens is 4. The minimum Gasteiger partial charge on any atom is -0.360 e. The van der Waals surface area contributed by atoms with Crippen LogP contribution in [0, 0.1) is 5.92 Å². The summed E-state index contributed by atoms with van der Waals surface area (Å²) >= 11 is 1.07. The van der Waals surface area contributed by atoms with E-state index in [-0.39, 0.29) is 15.8 Å². The van der Waals surface area contributed by atoms with Gasteiger partial charge in [0, 0.05) is 51.1 Å². The van der Waals surface area contributed by atoms with Crippen LogP contribution in [0.5, 0.6) is 0 Å². The van der Waals surface area contributed by atoms with Crippen LogP contribution < -0.4 is 11.0 Å². The fraction of sp³-hybridized carbons (Fsp3) is 0.435. The molecule has 0 fully saturated rings. The Balaban J connectivity index is 1.36. The molecule has 1 aliphatic carbocycles. The van der Waals surface area contributed by atoms with Gasteiger partial charge in [-0.05, 0) is 12.1 Å². The Morgan fingerprint density at radius 3 is 2.78 bits per heavy atom. The second kappa shape index (κ2) is 8.98. The fourth-order valence-corrected chi connectivity index (χ4v) is 7.06. The van der Waals surface area contributed by atoms with Crippen molar-refractivity contribution in [3.63, 3.8) is 0 Å². The van der Waals surface area contributed by atoms with E-state index in [2.05, 4.69) is 41.2 Å². The number of aryl methyl sites for hydroxylation is 1. The first-order valence-corrected chi connectivity index (χ1v) is 18.1. The Bertz CT molecular complexity index is 1610. The van der Waals surface area contributed by atoms with Crippen molar-refractivity contribution >= 4 is 50.5 Å². The van der Waals surface area contributed by atoms with Gasteiger partial charge in [-0.1, -0.05) is 31.8 Å². The van der Waals surface area contributed by atoms with E-state index in [1.54, 1.807) is 17.8 Å². The highest BCUT2D eigenvalue weighted by molar-refractivity contribution is 7.92. The molecule has 0 bridgehead atoms. The SMILES string of the molecule is Cn1c2nc(S(C)(=O)=O)sc2c2cnn(CC3C=CC=C4C3=CNN4COCC[Si](C)(C)C)c(=O)c21. The maximum Gasteiger partial charge on any atom is 0.291 e. The second-order valence-electron chi connectivity index (χ2n) is 10.4. The number of hydrogen-bond acceptors (Lipinski definition) is 9. The van der Waals surface area contributed by atoms with E-state index < -0.39 is 17.9 Å². The highest BCUT2D eigenvalue weighted by atomic mass is 32.2. The molecule has 4 heterocycles. The van der Waals surface area contributed by atoms with Gasteiger partial charge in [-0.2, -0.15) is 5.10 Å². The van der Waals surface area contributed by atoms with E-state index in [1.165, 1.54) is 4.68 Å². The first kappa shape index (κ1) is 24.9. The Labute approximate surface area is 214 Å². The van der Waals surface area contributed by atoms with Gasteiger partial charge in [0.05, 0.1) is 23.1 Å². The molecular weight excluding hydrogens is 517 g/mol. The number of hydrazine groups is 1. The summed E-state index contributed by atoms with van der Waals surface area (Å²) in [6.45, 7) is 8.56. The molecule has 2 aliphatic rings. The highest BCUT2D eigenvalue weighted by Crippen LogP contribution is 2.34. The van der Waals surface area contributed by atoms with E-state index in [4.69, 9.17) is 4.74 Å². The second-order valence-corrected chi connectivity index (χ2v) is 19.2. The van der Waals surface area contributed by atoms with Crippen LogP contribution in [0.3, 0.4) is 0 Å². The van der Waals surface area contributed by atoms with E-state index in [1.807, 2.05) is 23.4 Å². The van der Waals surface area contributed by atoms with Crippen LogP contribution >= 0.6 is 11.3 Å². The highest BCUT2D eigenvalue weighted by Gasteiger charge is 2.29. The van der Waals surface area contributed by atoms with Crippen molar-refractivity contribution < 1.29 is 13.2 Å². The third-order valence-electron chi connectivity index (χ3n) is 6.37. The van der Waals surface area contributed by atoms with Gasteiger partial charge in [0.25, 0.3) is 5.56 Å². The standard InChI is InChI=1S/C23H30N6O4S2Si/c1-27-19-17(20-21(27)26-23(34-20)35(2,31)32)12-24-28(22(19)30)13-15-7-6-8-18-16(15)11-25-29(18)14-33-9-10-36(3,4)5/h6-8,11-12,15,25H,9-10,13-14H2,1-5H3. The molecule has 192 valence electrons. The average Bonchev–Trinajstić information content (AvgIpc) is 3.47. The lowest BCUT2D eigenvalue weighted by atomic mass is 9.93. The molecule has 0 amide bonds. The summed E-state index contributed by atoms with van der Waals surface area (Å²) in [6, 6.07) is 1.11. The first-order valence-electron chi connectivity index (χ1n) is 11.7. The number of allylic oxidation sites excluding steroid dienone is 4. The van der Waals surface area contributed by atoms with Gasteiger partial charge in [0.15, 0.2) is 5.65 Å². The molecule has 13 heteroatoms. The largest absolute Gasteiger partial charge is 0.360 e. The molecule has 36 heavy (non-hydrogen) atoms. The first-order chi connectivity index (χ1) is 16.9. The molecule has 10 nitrogen and oxygen atoms in total. The average molecular weight is 547 g/mol. The predicted molar refractivity (Wildman–Crippen MR) is 144 cm³/mol. The summed E-state index contributed by atoms with van der Waals surface area (Å²) < 4.78 is 33.6. The third kappa shape index (κ3) is 4.56. The minimum atomic E-state index is -3.43. The van der Waals surface area contributed by atoms with Gasteiger partial charge in [0.2, 0.25) is 14.2 Å². The van der Waals surface area contributed by atoms with Crippen LogP contribution in [0.4, 0.5) is 0 Å². The normalized spacial score (nSPS) is 18.0. The molecule has 3 aromatic heterocycles. The molecule has 0 radical (unpaired) electrons. The zero-order valence-electron chi connectivity index (χ0n) is 21.0. The van der Waals surface area contributed by atoms with Gasteiger partial charge < -0.3 is 14.7 Å². The van der Waals surface area contributed by atoms with Crippen molar-refractivity contribution in [3.8, 4) is 0 Å². The number of ether oxygens (including phenoxy) is 1. The quantitative estimate of drug-likeness (QED) is 0.339. The number of fused-ring (bicyclic) bond motifs is 4. The lowest BCUT2D eigenvalue weighted by Gasteiger charge is -2.26. The number of nitrogens with zero attached hydrogens (tertiary/aromatic N) is 5. The number of sulfone groups is 1. The molecule has 5 rings (SSSR count). The molecule has 1 aliphatic heterocycles. The Morgan fingerprint density at radius 2 is 2.06 bits per heavy atom. The zero-order valence-corrected chi connectivity index (χ0v) is 23.6. The number of rotatable bonds is 8. The van der Waals surface area contributed by atoms with E-state index in [9.17, 15) is 13.2 Å². The van der Waals surface area contributed by atoms with Crippen LogP contribution in [0.15, 0.2) is 51.0 Å². The molecule has 1 unspecified atom stereocenters. The van der Waals surface area contributed by atoms with Crippen molar-refractivity contribution in [1.29, 1.82) is 0 Å². The fourth-order valence-electron chi connectivity index (χ4n) is 4.36.